The molecule has 8 nitrogen and oxygen atoms in total. The van der Waals surface area contributed by atoms with Crippen LogP contribution in [0.2, 0.25) is 0 Å². The molecule has 9 heteroatoms. The van der Waals surface area contributed by atoms with Crippen LogP contribution in [-0.4, -0.2) is 88.9 Å². The van der Waals surface area contributed by atoms with Gasteiger partial charge in [-0.2, -0.15) is 5.01 Å². The molecule has 1 N–H and O–H groups in total. The van der Waals surface area contributed by atoms with E-state index in [1.54, 1.807) is 13.8 Å². The van der Waals surface area contributed by atoms with Crippen molar-refractivity contribution < 1.29 is 9.59 Å². The van der Waals surface area contributed by atoms with Crippen molar-refractivity contribution in [1.82, 2.24) is 24.7 Å². The number of nitrogens with zero attached hydrogens (tertiary/aromatic N) is 5. The number of halogens is 1. The van der Waals surface area contributed by atoms with Crippen LogP contribution >= 0.6 is 15.9 Å². The number of hydrazine groups is 1. The molecule has 0 saturated carbocycles. The lowest BCUT2D eigenvalue weighted by Gasteiger charge is -2.42. The number of carbonyl (C=O) groups excluding carboxylic acids is 2. The fourth-order valence-electron chi connectivity index (χ4n) is 5.31. The highest BCUT2D eigenvalue weighted by Crippen LogP contribution is 2.28. The van der Waals surface area contributed by atoms with Crippen LogP contribution in [-0.2, 0) is 16.1 Å². The Morgan fingerprint density at radius 2 is 1.63 bits per heavy atom. The quantitative estimate of drug-likeness (QED) is 0.583. The van der Waals surface area contributed by atoms with E-state index in [1.807, 2.05) is 18.2 Å². The predicted octanol–water partition coefficient (Wildman–Crippen LogP) is 3.24. The second-order valence-corrected chi connectivity index (χ2v) is 10.9. The van der Waals surface area contributed by atoms with Crippen LogP contribution < -0.4 is 5.43 Å². The Morgan fingerprint density at radius 3 is 2.29 bits per heavy atom. The number of nitrogens with one attached hydrogen (secondary N) is 1. The normalized spacial score (nSPS) is 21.5. The van der Waals surface area contributed by atoms with E-state index in [1.165, 1.54) is 25.9 Å². The van der Waals surface area contributed by atoms with E-state index in [0.29, 0.717) is 23.0 Å². The van der Waals surface area contributed by atoms with Gasteiger partial charge >= 0.3 is 0 Å². The van der Waals surface area contributed by atoms with Crippen LogP contribution in [0.25, 0.3) is 10.9 Å². The number of rotatable bonds is 5. The van der Waals surface area contributed by atoms with Gasteiger partial charge in [-0.3, -0.25) is 24.8 Å². The molecule has 35 heavy (non-hydrogen) atoms. The van der Waals surface area contributed by atoms with Crippen LogP contribution in [0, 0.1) is 0 Å². The van der Waals surface area contributed by atoms with Crippen molar-refractivity contribution in [2.24, 2.45) is 0 Å². The number of fused-ring (bicyclic) bond motifs is 1. The van der Waals surface area contributed by atoms with Crippen LogP contribution in [0.3, 0.4) is 0 Å². The lowest BCUT2D eigenvalue weighted by molar-refractivity contribution is -0.135. The predicted molar refractivity (Wildman–Crippen MR) is 141 cm³/mol. The molecule has 4 heterocycles. The molecule has 1 aromatic carbocycles. The van der Waals surface area contributed by atoms with E-state index >= 15 is 0 Å². The second kappa shape index (κ2) is 9.97. The molecule has 0 bridgehead atoms. The van der Waals surface area contributed by atoms with Crippen molar-refractivity contribution >= 4 is 44.5 Å². The summed E-state index contributed by atoms with van der Waals surface area (Å²) in [5.74, 6) is -0.148. The highest BCUT2D eigenvalue weighted by atomic mass is 79.9. The van der Waals surface area contributed by atoms with E-state index in [-0.39, 0.29) is 11.8 Å². The number of piperidine rings is 1. The lowest BCUT2D eigenvalue weighted by atomic mass is 10.0. The summed E-state index contributed by atoms with van der Waals surface area (Å²) in [5, 5.41) is 2.15. The van der Waals surface area contributed by atoms with E-state index < -0.39 is 0 Å². The summed E-state index contributed by atoms with van der Waals surface area (Å²) < 4.78 is 0.939. The molecule has 0 atom stereocenters. The highest BCUT2D eigenvalue weighted by molar-refractivity contribution is 9.10. The first kappa shape index (κ1) is 24.4. The van der Waals surface area contributed by atoms with Gasteiger partial charge in [0.2, 0.25) is 0 Å². The molecule has 3 aliphatic heterocycles. The first-order valence-electron chi connectivity index (χ1n) is 12.4. The maximum absolute atomic E-state index is 12.6. The molecule has 2 aromatic rings. The van der Waals surface area contributed by atoms with Crippen LogP contribution in [0.1, 0.15) is 32.3 Å². The van der Waals surface area contributed by atoms with E-state index in [4.69, 9.17) is 4.98 Å². The zero-order valence-electron chi connectivity index (χ0n) is 20.7. The summed E-state index contributed by atoms with van der Waals surface area (Å²) in [5.41, 5.74) is 5.87. The van der Waals surface area contributed by atoms with Gasteiger partial charge in [-0.25, -0.2) is 4.98 Å². The smallest absolute Gasteiger partial charge is 0.275 e. The Balaban J connectivity index is 1.32. The van der Waals surface area contributed by atoms with Gasteiger partial charge in [0.1, 0.15) is 5.82 Å². The molecule has 1 aromatic heterocycles. The van der Waals surface area contributed by atoms with Crippen molar-refractivity contribution in [2.75, 3.05) is 51.7 Å². The van der Waals surface area contributed by atoms with E-state index in [9.17, 15) is 9.59 Å². The van der Waals surface area contributed by atoms with Gasteiger partial charge in [0.25, 0.3) is 11.8 Å². The molecule has 3 aliphatic rings. The maximum Gasteiger partial charge on any atom is 0.275 e. The summed E-state index contributed by atoms with van der Waals surface area (Å²) in [6.45, 7) is 10.8. The number of hydrogen-bond donors (Lipinski definition) is 1. The van der Waals surface area contributed by atoms with Gasteiger partial charge in [-0.1, -0.05) is 22.0 Å². The van der Waals surface area contributed by atoms with Crippen molar-refractivity contribution in [3.63, 3.8) is 0 Å². The fraction of sp³-hybridized carbons (Fsp3) is 0.500. The largest absolute Gasteiger partial charge is 0.306 e. The van der Waals surface area contributed by atoms with Crippen molar-refractivity contribution in [3.8, 4) is 0 Å². The summed E-state index contributed by atoms with van der Waals surface area (Å²) in [6, 6.07) is 8.78. The number of carbonyl (C=O) groups is 2. The number of aromatic nitrogens is 1. The zero-order valence-corrected chi connectivity index (χ0v) is 22.3. The van der Waals surface area contributed by atoms with E-state index in [2.05, 4.69) is 49.2 Å². The molecule has 2 amide bonds. The molecule has 0 radical (unpaired) electrons. The Bertz CT molecular complexity index is 1160. The lowest BCUT2D eigenvalue weighted by Crippen LogP contribution is -2.52. The summed E-state index contributed by atoms with van der Waals surface area (Å²) in [6.07, 6.45) is 2.52. The third-order valence-corrected chi connectivity index (χ3v) is 8.19. The number of hydrogen-bond acceptors (Lipinski definition) is 7. The fourth-order valence-corrected chi connectivity index (χ4v) is 5.66. The molecule has 5 rings (SSSR count). The van der Waals surface area contributed by atoms with Gasteiger partial charge in [-0.05, 0) is 70.6 Å². The standard InChI is InChI=1S/C26H33BrN6O2/c1-17-18(2)26(35)33(25(17)34)29-24-14-19(22-5-4-20(27)15-23(22)28-24)16-31-10-12-32(13-11-31)21-6-8-30(3)9-7-21/h4-5,14-15,21H,6-13,16H2,1-3H3,(H,28,29). The maximum atomic E-state index is 12.6. The third-order valence-electron chi connectivity index (χ3n) is 7.70. The zero-order chi connectivity index (χ0) is 24.7. The minimum absolute atomic E-state index is 0.324. The van der Waals surface area contributed by atoms with Crippen molar-refractivity contribution in [3.05, 3.63) is 45.4 Å². The van der Waals surface area contributed by atoms with Gasteiger partial charge in [0.15, 0.2) is 0 Å². The number of pyridine rings is 1. The minimum atomic E-state index is -0.324. The first-order valence-corrected chi connectivity index (χ1v) is 13.2. The average molecular weight is 541 g/mol. The molecule has 0 unspecified atom stereocenters. The Morgan fingerprint density at radius 1 is 0.971 bits per heavy atom. The first-order chi connectivity index (χ1) is 16.8. The monoisotopic (exact) mass is 540 g/mol. The van der Waals surface area contributed by atoms with Gasteiger partial charge < -0.3 is 4.90 Å². The highest BCUT2D eigenvalue weighted by Gasteiger charge is 2.34. The topological polar surface area (TPSA) is 72.0 Å². The second-order valence-electron chi connectivity index (χ2n) is 9.98. The van der Waals surface area contributed by atoms with Crippen molar-refractivity contribution in [1.29, 1.82) is 0 Å². The molecule has 186 valence electrons. The minimum Gasteiger partial charge on any atom is -0.306 e. The molecule has 0 spiro atoms. The SMILES string of the molecule is CC1=C(C)C(=O)N(Nc2cc(CN3CCN(C4CCN(C)CC4)CC3)c3ccc(Br)cc3n2)C1=O. The van der Waals surface area contributed by atoms with Crippen LogP contribution in [0.4, 0.5) is 5.82 Å². The number of piperazine rings is 1. The van der Waals surface area contributed by atoms with E-state index in [0.717, 1.165) is 58.7 Å². The molecular formula is C26H33BrN6O2. The molecule has 2 saturated heterocycles. The Kier molecular flexibility index (Phi) is 6.94. The summed E-state index contributed by atoms with van der Waals surface area (Å²) >= 11 is 3.55. The Labute approximate surface area is 215 Å². The molecular weight excluding hydrogens is 508 g/mol. The summed E-state index contributed by atoms with van der Waals surface area (Å²) in [4.78, 5) is 37.4. The third kappa shape index (κ3) is 5.00. The van der Waals surface area contributed by atoms with Crippen LogP contribution in [0.5, 0.6) is 0 Å². The van der Waals surface area contributed by atoms with Gasteiger partial charge in [-0.15, -0.1) is 0 Å². The molecule has 2 fully saturated rings. The Hall–Kier alpha value is -2.33. The average Bonchev–Trinajstić information content (AvgIpc) is 3.03. The number of likely N-dealkylation sites (tertiary alicyclic amines) is 1. The number of anilines is 1. The number of imide groups is 1. The molecule has 0 aliphatic carbocycles. The van der Waals surface area contributed by atoms with Gasteiger partial charge in [0, 0.05) is 59.8 Å². The van der Waals surface area contributed by atoms with Crippen LogP contribution in [0.15, 0.2) is 39.9 Å². The summed E-state index contributed by atoms with van der Waals surface area (Å²) in [7, 11) is 2.21. The number of benzene rings is 1. The number of amides is 2. The van der Waals surface area contributed by atoms with Crippen molar-refractivity contribution in [2.45, 2.75) is 39.3 Å². The van der Waals surface area contributed by atoms with Gasteiger partial charge in [0.05, 0.1) is 5.52 Å².